The number of thioether (sulfide) groups is 1. The fraction of sp³-hybridized carbons (Fsp3) is 0.917. The Balaban J connectivity index is 1.79. The highest BCUT2D eigenvalue weighted by molar-refractivity contribution is 8.00. The Hall–Kier alpha value is -0.260. The summed E-state index contributed by atoms with van der Waals surface area (Å²) in [5.74, 6) is 1.16. The van der Waals surface area contributed by atoms with E-state index in [4.69, 9.17) is 4.74 Å². The Kier molecular flexibility index (Phi) is 3.71. The van der Waals surface area contributed by atoms with E-state index in [1.54, 1.807) is 0 Å². The molecule has 0 unspecified atom stereocenters. The second-order valence-corrected chi connectivity index (χ2v) is 7.57. The van der Waals surface area contributed by atoms with Crippen LogP contribution in [0.4, 0.5) is 0 Å². The Morgan fingerprint density at radius 2 is 2.12 bits per heavy atom. The molecule has 2 aliphatic heterocycles. The molecule has 5 heteroatoms. The van der Waals surface area contributed by atoms with Gasteiger partial charge in [0.05, 0.1) is 5.60 Å². The number of nitrogens with one attached hydrogen (secondary N) is 1. The molecule has 0 saturated carbocycles. The topological polar surface area (TPSA) is 41.6 Å². The van der Waals surface area contributed by atoms with Crippen molar-refractivity contribution in [1.82, 2.24) is 10.2 Å². The summed E-state index contributed by atoms with van der Waals surface area (Å²) in [5.41, 5.74) is -0.129. The summed E-state index contributed by atoms with van der Waals surface area (Å²) in [6, 6.07) is 0. The molecule has 17 heavy (non-hydrogen) atoms. The van der Waals surface area contributed by atoms with E-state index >= 15 is 0 Å². The van der Waals surface area contributed by atoms with E-state index in [1.807, 2.05) is 23.6 Å². The number of hydrogen-bond acceptors (Lipinski definition) is 4. The lowest BCUT2D eigenvalue weighted by atomic mass is 10.0. The van der Waals surface area contributed by atoms with Crippen LogP contribution in [0.3, 0.4) is 0 Å². The number of rotatable bonds is 3. The Morgan fingerprint density at radius 3 is 2.65 bits per heavy atom. The van der Waals surface area contributed by atoms with Crippen LogP contribution in [0.15, 0.2) is 0 Å². The summed E-state index contributed by atoms with van der Waals surface area (Å²) in [6.45, 7) is 10.0. The van der Waals surface area contributed by atoms with Crippen molar-refractivity contribution in [3.63, 3.8) is 0 Å². The number of hydrogen-bond donors (Lipinski definition) is 1. The van der Waals surface area contributed by atoms with Gasteiger partial charge < -0.3 is 15.0 Å². The average Bonchev–Trinajstić information content (AvgIpc) is 2.22. The fourth-order valence-corrected chi connectivity index (χ4v) is 3.25. The third-order valence-corrected chi connectivity index (χ3v) is 4.62. The zero-order chi connectivity index (χ0) is 12.5. The highest BCUT2D eigenvalue weighted by Gasteiger charge is 2.35. The van der Waals surface area contributed by atoms with Gasteiger partial charge in [0.1, 0.15) is 6.61 Å². The molecular weight excluding hydrogens is 236 g/mol. The Labute approximate surface area is 107 Å². The van der Waals surface area contributed by atoms with Crippen LogP contribution in [0.5, 0.6) is 0 Å². The normalized spacial score (nSPS) is 26.4. The zero-order valence-electron chi connectivity index (χ0n) is 10.9. The minimum absolute atomic E-state index is 0.129. The molecule has 1 amide bonds. The van der Waals surface area contributed by atoms with Crippen molar-refractivity contribution in [1.29, 1.82) is 0 Å². The van der Waals surface area contributed by atoms with Crippen LogP contribution in [-0.4, -0.2) is 59.7 Å². The second kappa shape index (κ2) is 4.78. The van der Waals surface area contributed by atoms with Crippen LogP contribution in [0.1, 0.15) is 20.8 Å². The SMILES string of the molecule is CC1(OCC(=O)N2CCSC(C)(C)C2)CNC1. The van der Waals surface area contributed by atoms with Crippen molar-refractivity contribution >= 4 is 17.7 Å². The number of nitrogens with zero attached hydrogens (tertiary/aromatic N) is 1. The maximum absolute atomic E-state index is 12.0. The first-order valence-corrected chi connectivity index (χ1v) is 7.15. The molecule has 2 rings (SSSR count). The molecule has 0 spiro atoms. The van der Waals surface area contributed by atoms with Crippen molar-refractivity contribution in [2.75, 3.05) is 38.5 Å². The van der Waals surface area contributed by atoms with Gasteiger partial charge in [-0.2, -0.15) is 11.8 Å². The molecule has 0 aromatic rings. The Bertz CT molecular complexity index is 303. The van der Waals surface area contributed by atoms with Gasteiger partial charge in [0.15, 0.2) is 0 Å². The average molecular weight is 258 g/mol. The number of carbonyl (C=O) groups is 1. The van der Waals surface area contributed by atoms with Crippen molar-refractivity contribution in [3.8, 4) is 0 Å². The summed E-state index contributed by atoms with van der Waals surface area (Å²) in [5, 5.41) is 3.16. The first kappa shape index (κ1) is 13.2. The summed E-state index contributed by atoms with van der Waals surface area (Å²) in [4.78, 5) is 14.0. The Morgan fingerprint density at radius 1 is 1.41 bits per heavy atom. The maximum atomic E-state index is 12.0. The molecule has 0 radical (unpaired) electrons. The van der Waals surface area contributed by atoms with Gasteiger partial charge in [0.2, 0.25) is 5.91 Å². The molecule has 0 aromatic carbocycles. The minimum Gasteiger partial charge on any atom is -0.363 e. The quantitative estimate of drug-likeness (QED) is 0.810. The van der Waals surface area contributed by atoms with Crippen LogP contribution in [-0.2, 0) is 9.53 Å². The highest BCUT2D eigenvalue weighted by Crippen LogP contribution is 2.29. The molecule has 0 bridgehead atoms. The van der Waals surface area contributed by atoms with Crippen molar-refractivity contribution in [2.45, 2.75) is 31.1 Å². The monoisotopic (exact) mass is 258 g/mol. The van der Waals surface area contributed by atoms with Gasteiger partial charge in [0.25, 0.3) is 0 Å². The predicted octanol–water partition coefficient (Wildman–Crippen LogP) is 0.719. The van der Waals surface area contributed by atoms with E-state index < -0.39 is 0 Å². The molecule has 2 fully saturated rings. The molecule has 1 N–H and O–H groups in total. The molecule has 0 atom stereocenters. The molecule has 2 aliphatic rings. The minimum atomic E-state index is -0.129. The first-order chi connectivity index (χ1) is 7.90. The van der Waals surface area contributed by atoms with Gasteiger partial charge in [-0.1, -0.05) is 0 Å². The van der Waals surface area contributed by atoms with E-state index in [0.29, 0.717) is 0 Å². The number of amides is 1. The maximum Gasteiger partial charge on any atom is 0.248 e. The van der Waals surface area contributed by atoms with Crippen molar-refractivity contribution < 1.29 is 9.53 Å². The fourth-order valence-electron chi connectivity index (χ4n) is 2.14. The van der Waals surface area contributed by atoms with Gasteiger partial charge in [-0.05, 0) is 20.8 Å². The van der Waals surface area contributed by atoms with Gasteiger partial charge in [-0.3, -0.25) is 4.79 Å². The molecule has 2 saturated heterocycles. The second-order valence-electron chi connectivity index (χ2n) is 5.77. The third kappa shape index (κ3) is 3.36. The van der Waals surface area contributed by atoms with Crippen LogP contribution >= 0.6 is 11.8 Å². The van der Waals surface area contributed by atoms with E-state index in [0.717, 1.165) is 31.9 Å². The zero-order valence-corrected chi connectivity index (χ0v) is 11.7. The molecule has 0 aromatic heterocycles. The summed E-state index contributed by atoms with van der Waals surface area (Å²) >= 11 is 1.94. The third-order valence-electron chi connectivity index (χ3n) is 3.32. The van der Waals surface area contributed by atoms with Gasteiger partial charge in [0, 0.05) is 36.7 Å². The molecule has 4 nitrogen and oxygen atoms in total. The lowest BCUT2D eigenvalue weighted by molar-refractivity contribution is -0.146. The standard InChI is InChI=1S/C12H22N2O2S/c1-11(2)9-14(4-5-17-11)10(15)6-16-12(3)7-13-8-12/h13H,4-9H2,1-3H3. The van der Waals surface area contributed by atoms with Crippen molar-refractivity contribution in [3.05, 3.63) is 0 Å². The predicted molar refractivity (Wildman–Crippen MR) is 70.3 cm³/mol. The largest absolute Gasteiger partial charge is 0.363 e. The van der Waals surface area contributed by atoms with Gasteiger partial charge >= 0.3 is 0 Å². The van der Waals surface area contributed by atoms with Crippen LogP contribution in [0, 0.1) is 0 Å². The number of carbonyl (C=O) groups excluding carboxylic acids is 1. The molecule has 2 heterocycles. The first-order valence-electron chi connectivity index (χ1n) is 6.17. The van der Waals surface area contributed by atoms with Crippen LogP contribution in [0.25, 0.3) is 0 Å². The van der Waals surface area contributed by atoms with E-state index in [1.165, 1.54) is 0 Å². The van der Waals surface area contributed by atoms with E-state index in [9.17, 15) is 4.79 Å². The van der Waals surface area contributed by atoms with Gasteiger partial charge in [-0.15, -0.1) is 0 Å². The summed E-state index contributed by atoms with van der Waals surface area (Å²) in [7, 11) is 0. The molecule has 98 valence electrons. The van der Waals surface area contributed by atoms with Gasteiger partial charge in [-0.25, -0.2) is 0 Å². The lowest BCUT2D eigenvalue weighted by Gasteiger charge is -2.41. The smallest absolute Gasteiger partial charge is 0.248 e. The summed E-state index contributed by atoms with van der Waals surface area (Å²) in [6.07, 6.45) is 0. The number of ether oxygens (including phenoxy) is 1. The van der Waals surface area contributed by atoms with Crippen LogP contribution < -0.4 is 5.32 Å². The highest BCUT2D eigenvalue weighted by atomic mass is 32.2. The van der Waals surface area contributed by atoms with E-state index in [-0.39, 0.29) is 22.9 Å². The van der Waals surface area contributed by atoms with E-state index in [2.05, 4.69) is 19.2 Å². The van der Waals surface area contributed by atoms with Crippen LogP contribution in [0.2, 0.25) is 0 Å². The van der Waals surface area contributed by atoms with Crippen molar-refractivity contribution in [2.24, 2.45) is 0 Å². The lowest BCUT2D eigenvalue weighted by Crippen LogP contribution is -2.60. The summed E-state index contributed by atoms with van der Waals surface area (Å²) < 4.78 is 5.86. The molecule has 0 aliphatic carbocycles. The molecular formula is C12H22N2O2S.